The maximum atomic E-state index is 12.3. The monoisotopic (exact) mass is 390 g/mol. The first kappa shape index (κ1) is 19.2. The van der Waals surface area contributed by atoms with Crippen molar-refractivity contribution >= 4 is 29.1 Å². The first-order valence-electron chi connectivity index (χ1n) is 9.01. The summed E-state index contributed by atoms with van der Waals surface area (Å²) in [6, 6.07) is 6.99. The maximum Gasteiger partial charge on any atom is 0.260 e. The number of ether oxygens (including phenoxy) is 1. The van der Waals surface area contributed by atoms with Gasteiger partial charge < -0.3 is 15.0 Å². The van der Waals surface area contributed by atoms with E-state index in [4.69, 9.17) is 16.3 Å². The average Bonchev–Trinajstić information content (AvgIpc) is 3.33. The number of hydrogen-bond donors (Lipinski definition) is 1. The molecule has 0 aliphatic carbocycles. The molecule has 1 fully saturated rings. The van der Waals surface area contributed by atoms with Gasteiger partial charge in [-0.2, -0.15) is 5.10 Å². The molecule has 7 nitrogen and oxygen atoms in total. The van der Waals surface area contributed by atoms with Gasteiger partial charge in [0, 0.05) is 25.0 Å². The molecule has 1 saturated heterocycles. The van der Waals surface area contributed by atoms with E-state index < -0.39 is 0 Å². The fourth-order valence-electron chi connectivity index (χ4n) is 2.90. The van der Waals surface area contributed by atoms with Crippen LogP contribution in [0.3, 0.4) is 0 Å². The van der Waals surface area contributed by atoms with Gasteiger partial charge in [0.2, 0.25) is 5.91 Å². The second kappa shape index (κ2) is 8.90. The minimum atomic E-state index is -0.269. The molecule has 1 N–H and O–H groups in total. The van der Waals surface area contributed by atoms with Crippen LogP contribution in [0, 0.1) is 5.92 Å². The minimum Gasteiger partial charge on any atom is -0.484 e. The molecular formula is C19H23ClN4O3. The second-order valence-corrected chi connectivity index (χ2v) is 7.11. The SMILES string of the molecule is C[C@@H](Cn1cc(Cl)cn1)C(=O)Nc1ccc(OCC(=O)N2CCCC2)cc1. The van der Waals surface area contributed by atoms with Crippen LogP contribution in [-0.4, -0.2) is 46.2 Å². The van der Waals surface area contributed by atoms with Crippen molar-refractivity contribution in [1.82, 2.24) is 14.7 Å². The Hall–Kier alpha value is -2.54. The Bertz CT molecular complexity index is 785. The van der Waals surface area contributed by atoms with Crippen molar-refractivity contribution in [3.63, 3.8) is 0 Å². The minimum absolute atomic E-state index is 0.0115. The van der Waals surface area contributed by atoms with Crippen molar-refractivity contribution in [2.24, 2.45) is 5.92 Å². The highest BCUT2D eigenvalue weighted by molar-refractivity contribution is 6.30. The summed E-state index contributed by atoms with van der Waals surface area (Å²) in [7, 11) is 0. The van der Waals surface area contributed by atoms with Gasteiger partial charge in [0.1, 0.15) is 5.75 Å². The molecule has 1 atom stereocenters. The Labute approximate surface area is 163 Å². The van der Waals surface area contributed by atoms with Gasteiger partial charge in [0.15, 0.2) is 6.61 Å². The van der Waals surface area contributed by atoms with Gasteiger partial charge in [-0.15, -0.1) is 0 Å². The molecule has 0 saturated carbocycles. The molecule has 0 spiro atoms. The molecule has 8 heteroatoms. The van der Waals surface area contributed by atoms with Crippen LogP contribution < -0.4 is 10.1 Å². The molecule has 144 valence electrons. The number of likely N-dealkylation sites (tertiary alicyclic amines) is 1. The third-order valence-electron chi connectivity index (χ3n) is 4.45. The molecule has 1 aliphatic rings. The predicted octanol–water partition coefficient (Wildman–Crippen LogP) is 2.81. The van der Waals surface area contributed by atoms with Crippen LogP contribution in [0.2, 0.25) is 5.02 Å². The van der Waals surface area contributed by atoms with Crippen molar-refractivity contribution in [3.8, 4) is 5.75 Å². The van der Waals surface area contributed by atoms with Gasteiger partial charge in [-0.1, -0.05) is 18.5 Å². The van der Waals surface area contributed by atoms with Crippen molar-refractivity contribution in [2.45, 2.75) is 26.3 Å². The summed E-state index contributed by atoms with van der Waals surface area (Å²) >= 11 is 5.83. The number of nitrogens with one attached hydrogen (secondary N) is 1. The summed E-state index contributed by atoms with van der Waals surface area (Å²) < 4.78 is 7.18. The predicted molar refractivity (Wildman–Crippen MR) is 103 cm³/mol. The Morgan fingerprint density at radius 3 is 2.59 bits per heavy atom. The standard InChI is InChI=1S/C19H23ClN4O3/c1-14(11-24-12-15(20)10-21-24)19(26)22-16-4-6-17(7-5-16)27-13-18(25)23-8-2-3-9-23/h4-7,10,12,14H,2-3,8-9,11,13H2,1H3,(H,22,26)/t14-/m0/s1. The molecule has 2 heterocycles. The largest absolute Gasteiger partial charge is 0.484 e. The van der Waals surface area contributed by atoms with Crippen molar-refractivity contribution < 1.29 is 14.3 Å². The van der Waals surface area contributed by atoms with Gasteiger partial charge in [-0.3, -0.25) is 14.3 Å². The van der Waals surface area contributed by atoms with Crippen LogP contribution in [0.4, 0.5) is 5.69 Å². The zero-order chi connectivity index (χ0) is 19.2. The molecule has 1 aromatic carbocycles. The third-order valence-corrected chi connectivity index (χ3v) is 4.65. The Morgan fingerprint density at radius 2 is 1.96 bits per heavy atom. The van der Waals surface area contributed by atoms with Crippen LogP contribution in [0.5, 0.6) is 5.75 Å². The maximum absolute atomic E-state index is 12.3. The van der Waals surface area contributed by atoms with E-state index in [2.05, 4.69) is 10.4 Å². The number of benzene rings is 1. The summed E-state index contributed by atoms with van der Waals surface area (Å²) in [6.07, 6.45) is 5.35. The third kappa shape index (κ3) is 5.47. The molecule has 0 radical (unpaired) electrons. The van der Waals surface area contributed by atoms with Gasteiger partial charge in [-0.05, 0) is 37.1 Å². The molecule has 2 aromatic rings. The molecular weight excluding hydrogens is 368 g/mol. The lowest BCUT2D eigenvalue weighted by atomic mass is 10.1. The Morgan fingerprint density at radius 1 is 1.26 bits per heavy atom. The number of halogens is 1. The average molecular weight is 391 g/mol. The summed E-state index contributed by atoms with van der Waals surface area (Å²) in [4.78, 5) is 26.1. The van der Waals surface area contributed by atoms with Crippen molar-refractivity contribution in [2.75, 3.05) is 25.0 Å². The van der Waals surface area contributed by atoms with E-state index in [9.17, 15) is 9.59 Å². The number of nitrogens with zero attached hydrogens (tertiary/aromatic N) is 3. The summed E-state index contributed by atoms with van der Waals surface area (Å²) in [5.41, 5.74) is 0.670. The Kier molecular flexibility index (Phi) is 6.34. The van der Waals surface area contributed by atoms with Crippen LogP contribution in [-0.2, 0) is 16.1 Å². The molecule has 0 bridgehead atoms. The van der Waals surface area contributed by atoms with Crippen molar-refractivity contribution in [1.29, 1.82) is 0 Å². The van der Waals surface area contributed by atoms with Crippen LogP contribution in [0.25, 0.3) is 0 Å². The van der Waals surface area contributed by atoms with Gasteiger partial charge in [0.25, 0.3) is 5.91 Å². The first-order chi connectivity index (χ1) is 13.0. The number of carbonyl (C=O) groups excluding carboxylic acids is 2. The number of aromatic nitrogens is 2. The highest BCUT2D eigenvalue weighted by Crippen LogP contribution is 2.17. The molecule has 3 rings (SSSR count). The fraction of sp³-hybridized carbons (Fsp3) is 0.421. The van der Waals surface area contributed by atoms with Gasteiger partial charge in [-0.25, -0.2) is 0 Å². The van der Waals surface area contributed by atoms with E-state index in [1.165, 1.54) is 0 Å². The van der Waals surface area contributed by atoms with Crippen molar-refractivity contribution in [3.05, 3.63) is 41.7 Å². The molecule has 1 aliphatic heterocycles. The van der Waals surface area contributed by atoms with Gasteiger partial charge >= 0.3 is 0 Å². The van der Waals surface area contributed by atoms with E-state index >= 15 is 0 Å². The van der Waals surface area contributed by atoms with Crippen LogP contribution >= 0.6 is 11.6 Å². The quantitative estimate of drug-likeness (QED) is 0.788. The van der Waals surface area contributed by atoms with E-state index in [-0.39, 0.29) is 24.3 Å². The molecule has 0 unspecified atom stereocenters. The Balaban J connectivity index is 1.46. The summed E-state index contributed by atoms with van der Waals surface area (Å²) in [6.45, 7) is 3.94. The van der Waals surface area contributed by atoms with Crippen LogP contribution in [0.1, 0.15) is 19.8 Å². The second-order valence-electron chi connectivity index (χ2n) is 6.67. The van der Waals surface area contributed by atoms with Gasteiger partial charge in [0.05, 0.1) is 23.7 Å². The van der Waals surface area contributed by atoms with E-state index in [1.54, 1.807) is 41.3 Å². The smallest absolute Gasteiger partial charge is 0.260 e. The highest BCUT2D eigenvalue weighted by atomic mass is 35.5. The molecule has 2 amide bonds. The fourth-order valence-corrected chi connectivity index (χ4v) is 3.06. The summed E-state index contributed by atoms with van der Waals surface area (Å²) in [5, 5.41) is 7.48. The number of anilines is 1. The lowest BCUT2D eigenvalue weighted by molar-refractivity contribution is -0.132. The zero-order valence-electron chi connectivity index (χ0n) is 15.2. The number of carbonyl (C=O) groups is 2. The lowest BCUT2D eigenvalue weighted by Gasteiger charge is -2.16. The molecule has 27 heavy (non-hydrogen) atoms. The number of rotatable bonds is 7. The van der Waals surface area contributed by atoms with E-state index in [0.717, 1.165) is 25.9 Å². The zero-order valence-corrected chi connectivity index (χ0v) is 16.0. The normalized spacial score (nSPS) is 14.8. The van der Waals surface area contributed by atoms with E-state index in [1.807, 2.05) is 11.8 Å². The topological polar surface area (TPSA) is 76.5 Å². The van der Waals surface area contributed by atoms with E-state index in [0.29, 0.717) is 23.0 Å². The summed E-state index contributed by atoms with van der Waals surface area (Å²) in [5.74, 6) is 0.228. The first-order valence-corrected chi connectivity index (χ1v) is 9.38. The number of hydrogen-bond acceptors (Lipinski definition) is 4. The highest BCUT2D eigenvalue weighted by Gasteiger charge is 2.18. The lowest BCUT2D eigenvalue weighted by Crippen LogP contribution is -2.32. The number of amides is 2. The van der Waals surface area contributed by atoms with Crippen LogP contribution in [0.15, 0.2) is 36.7 Å². The molecule has 1 aromatic heterocycles.